The van der Waals surface area contributed by atoms with Gasteiger partial charge in [-0.05, 0) is 44.7 Å². The zero-order chi connectivity index (χ0) is 10.1. The second-order valence-corrected chi connectivity index (χ2v) is 4.91. The van der Waals surface area contributed by atoms with Gasteiger partial charge in [-0.1, -0.05) is 0 Å². The summed E-state index contributed by atoms with van der Waals surface area (Å²) < 4.78 is 2.40. The molecule has 1 aliphatic carbocycles. The van der Waals surface area contributed by atoms with Crippen LogP contribution in [0.2, 0.25) is 0 Å². The molecule has 3 nitrogen and oxygen atoms in total. The van der Waals surface area contributed by atoms with E-state index in [1.807, 2.05) is 6.20 Å². The summed E-state index contributed by atoms with van der Waals surface area (Å²) in [5.41, 5.74) is 0. The predicted molar refractivity (Wildman–Crippen MR) is 59.8 cm³/mol. The van der Waals surface area contributed by atoms with Crippen LogP contribution in [-0.2, 0) is 6.54 Å². The Morgan fingerprint density at radius 2 is 2.07 bits per heavy atom. The van der Waals surface area contributed by atoms with E-state index >= 15 is 0 Å². The number of nitrogens with zero attached hydrogens (tertiary/aromatic N) is 2. The van der Waals surface area contributed by atoms with E-state index in [9.17, 15) is 0 Å². The smallest absolute Gasteiger partial charge is 0.111 e. The molecule has 2 heterocycles. The van der Waals surface area contributed by atoms with Crippen LogP contribution in [0, 0.1) is 5.92 Å². The van der Waals surface area contributed by atoms with E-state index in [-0.39, 0.29) is 0 Å². The van der Waals surface area contributed by atoms with Crippen molar-refractivity contribution in [2.45, 2.75) is 38.1 Å². The van der Waals surface area contributed by atoms with Crippen LogP contribution in [0.5, 0.6) is 0 Å². The Bertz CT molecular complexity index is 321. The van der Waals surface area contributed by atoms with Crippen molar-refractivity contribution in [3.63, 3.8) is 0 Å². The first-order valence-electron chi connectivity index (χ1n) is 6.15. The lowest BCUT2D eigenvalue weighted by atomic mass is 9.97. The fraction of sp³-hybridized carbons (Fsp3) is 0.750. The maximum Gasteiger partial charge on any atom is 0.111 e. The van der Waals surface area contributed by atoms with Crippen LogP contribution < -0.4 is 5.32 Å². The number of piperidine rings is 1. The number of aromatic nitrogens is 2. The first kappa shape index (κ1) is 9.40. The standard InChI is InChI=1S/C12H19N3/c1-2-10(1)9-15-8-7-14-12(15)11-3-5-13-6-4-11/h7-8,10-11,13H,1-6,9H2. The minimum Gasteiger partial charge on any atom is -0.334 e. The summed E-state index contributed by atoms with van der Waals surface area (Å²) in [6, 6.07) is 0. The fourth-order valence-electron chi connectivity index (χ4n) is 2.49. The Labute approximate surface area is 90.9 Å². The topological polar surface area (TPSA) is 29.9 Å². The van der Waals surface area contributed by atoms with Crippen molar-refractivity contribution in [3.05, 3.63) is 18.2 Å². The highest BCUT2D eigenvalue weighted by molar-refractivity contribution is 5.03. The van der Waals surface area contributed by atoms with Gasteiger partial charge in [0.1, 0.15) is 5.82 Å². The second-order valence-electron chi connectivity index (χ2n) is 4.91. The van der Waals surface area contributed by atoms with E-state index in [0.29, 0.717) is 5.92 Å². The molecule has 3 rings (SSSR count). The van der Waals surface area contributed by atoms with Crippen molar-refractivity contribution in [1.82, 2.24) is 14.9 Å². The number of imidazole rings is 1. The molecule has 0 radical (unpaired) electrons. The minimum absolute atomic E-state index is 0.694. The van der Waals surface area contributed by atoms with Crippen molar-refractivity contribution < 1.29 is 0 Å². The highest BCUT2D eigenvalue weighted by atomic mass is 15.1. The Morgan fingerprint density at radius 3 is 2.80 bits per heavy atom. The summed E-state index contributed by atoms with van der Waals surface area (Å²) >= 11 is 0. The van der Waals surface area contributed by atoms with Gasteiger partial charge in [-0.3, -0.25) is 0 Å². The molecule has 15 heavy (non-hydrogen) atoms. The average molecular weight is 205 g/mol. The monoisotopic (exact) mass is 205 g/mol. The Hall–Kier alpha value is -0.830. The van der Waals surface area contributed by atoms with E-state index in [2.05, 4.69) is 21.1 Å². The SMILES string of the molecule is c1cn(CC2CC2)c(C2CCNCC2)n1. The number of hydrogen-bond donors (Lipinski definition) is 1. The average Bonchev–Trinajstić information content (AvgIpc) is 2.96. The summed E-state index contributed by atoms with van der Waals surface area (Å²) in [5.74, 6) is 2.98. The molecular weight excluding hydrogens is 186 g/mol. The number of nitrogens with one attached hydrogen (secondary N) is 1. The number of rotatable bonds is 3. The summed E-state index contributed by atoms with van der Waals surface area (Å²) in [6.45, 7) is 3.52. The van der Waals surface area contributed by atoms with Crippen LogP contribution in [0.4, 0.5) is 0 Å². The predicted octanol–water partition coefficient (Wildman–Crippen LogP) is 1.76. The first-order chi connectivity index (χ1) is 7.43. The van der Waals surface area contributed by atoms with Gasteiger partial charge >= 0.3 is 0 Å². The van der Waals surface area contributed by atoms with E-state index < -0.39 is 0 Å². The van der Waals surface area contributed by atoms with Gasteiger partial charge in [-0.2, -0.15) is 0 Å². The molecule has 1 aromatic heterocycles. The molecular formula is C12H19N3. The van der Waals surface area contributed by atoms with Crippen LogP contribution in [0.25, 0.3) is 0 Å². The van der Waals surface area contributed by atoms with E-state index in [4.69, 9.17) is 0 Å². The van der Waals surface area contributed by atoms with Gasteiger partial charge in [0, 0.05) is 24.9 Å². The zero-order valence-corrected chi connectivity index (χ0v) is 9.15. The third-order valence-corrected chi connectivity index (χ3v) is 3.60. The maximum atomic E-state index is 4.56. The molecule has 0 atom stereocenters. The van der Waals surface area contributed by atoms with Gasteiger partial charge in [-0.15, -0.1) is 0 Å². The van der Waals surface area contributed by atoms with Crippen LogP contribution in [0.1, 0.15) is 37.4 Å². The van der Waals surface area contributed by atoms with Crippen molar-refractivity contribution in [3.8, 4) is 0 Å². The summed E-state index contributed by atoms with van der Waals surface area (Å²) in [6.07, 6.45) is 9.48. The lowest BCUT2D eigenvalue weighted by molar-refractivity contribution is 0.426. The normalized spacial score (nSPS) is 23.2. The van der Waals surface area contributed by atoms with Crippen LogP contribution in [0.3, 0.4) is 0 Å². The van der Waals surface area contributed by atoms with E-state index in [1.165, 1.54) is 38.1 Å². The van der Waals surface area contributed by atoms with Crippen LogP contribution >= 0.6 is 0 Å². The van der Waals surface area contributed by atoms with Crippen LogP contribution in [0.15, 0.2) is 12.4 Å². The minimum atomic E-state index is 0.694. The quantitative estimate of drug-likeness (QED) is 0.815. The third kappa shape index (κ3) is 2.07. The van der Waals surface area contributed by atoms with Crippen molar-refractivity contribution in [2.24, 2.45) is 5.92 Å². The fourth-order valence-corrected chi connectivity index (χ4v) is 2.49. The second kappa shape index (κ2) is 3.97. The molecule has 0 unspecified atom stereocenters. The molecule has 2 aliphatic rings. The number of hydrogen-bond acceptors (Lipinski definition) is 2. The van der Waals surface area contributed by atoms with E-state index in [1.54, 1.807) is 0 Å². The molecule has 1 aliphatic heterocycles. The molecule has 1 saturated heterocycles. The Balaban J connectivity index is 1.73. The van der Waals surface area contributed by atoms with E-state index in [0.717, 1.165) is 19.0 Å². The van der Waals surface area contributed by atoms with Gasteiger partial charge < -0.3 is 9.88 Å². The molecule has 1 saturated carbocycles. The van der Waals surface area contributed by atoms with Gasteiger partial charge in [0.15, 0.2) is 0 Å². The van der Waals surface area contributed by atoms with Crippen molar-refractivity contribution in [2.75, 3.05) is 13.1 Å². The van der Waals surface area contributed by atoms with Gasteiger partial charge in [0.05, 0.1) is 0 Å². The molecule has 0 aromatic carbocycles. The molecule has 82 valence electrons. The molecule has 0 bridgehead atoms. The Kier molecular flexibility index (Phi) is 2.49. The Morgan fingerprint density at radius 1 is 1.27 bits per heavy atom. The molecule has 1 N–H and O–H groups in total. The highest BCUT2D eigenvalue weighted by Gasteiger charge is 2.25. The molecule has 3 heteroatoms. The third-order valence-electron chi connectivity index (χ3n) is 3.60. The van der Waals surface area contributed by atoms with Gasteiger partial charge in [0.2, 0.25) is 0 Å². The van der Waals surface area contributed by atoms with Gasteiger partial charge in [-0.25, -0.2) is 4.98 Å². The summed E-state index contributed by atoms with van der Waals surface area (Å²) in [5, 5.41) is 3.41. The van der Waals surface area contributed by atoms with Gasteiger partial charge in [0.25, 0.3) is 0 Å². The summed E-state index contributed by atoms with van der Waals surface area (Å²) in [7, 11) is 0. The largest absolute Gasteiger partial charge is 0.334 e. The maximum absolute atomic E-state index is 4.56. The van der Waals surface area contributed by atoms with Crippen molar-refractivity contribution in [1.29, 1.82) is 0 Å². The summed E-state index contributed by atoms with van der Waals surface area (Å²) in [4.78, 5) is 4.56. The molecule has 0 spiro atoms. The molecule has 1 aromatic rings. The lowest BCUT2D eigenvalue weighted by Crippen LogP contribution is -2.28. The lowest BCUT2D eigenvalue weighted by Gasteiger charge is -2.23. The molecule has 2 fully saturated rings. The van der Waals surface area contributed by atoms with Crippen LogP contribution in [-0.4, -0.2) is 22.6 Å². The first-order valence-corrected chi connectivity index (χ1v) is 6.15. The van der Waals surface area contributed by atoms with Crippen molar-refractivity contribution >= 4 is 0 Å². The zero-order valence-electron chi connectivity index (χ0n) is 9.15. The molecule has 0 amide bonds. The highest BCUT2D eigenvalue weighted by Crippen LogP contribution is 2.32.